The quantitative estimate of drug-likeness (QED) is 0.739. The number of aromatic hydroxyl groups is 1. The molecule has 4 rings (SSSR count). The molecule has 2 heterocycles. The lowest BCUT2D eigenvalue weighted by Gasteiger charge is -2.34. The molecule has 25 heavy (non-hydrogen) atoms. The number of halogens is 2. The zero-order valence-electron chi connectivity index (χ0n) is 13.4. The summed E-state index contributed by atoms with van der Waals surface area (Å²) < 4.78 is 19.9. The van der Waals surface area contributed by atoms with E-state index >= 15 is 0 Å². The van der Waals surface area contributed by atoms with Gasteiger partial charge in [-0.15, -0.1) is 12.4 Å². The van der Waals surface area contributed by atoms with Gasteiger partial charge in [-0.1, -0.05) is 5.16 Å². The van der Waals surface area contributed by atoms with Gasteiger partial charge in [-0.05, 0) is 49.9 Å². The molecular weight excluding hydrogens is 349 g/mol. The summed E-state index contributed by atoms with van der Waals surface area (Å²) in [5.74, 6) is 0.102. The predicted octanol–water partition coefficient (Wildman–Crippen LogP) is 2.84. The monoisotopic (exact) mass is 365 g/mol. The third-order valence-electron chi connectivity index (χ3n) is 4.42. The Morgan fingerprint density at radius 2 is 2.12 bits per heavy atom. The van der Waals surface area contributed by atoms with Crippen molar-refractivity contribution in [2.75, 3.05) is 0 Å². The molecule has 0 aliphatic heterocycles. The van der Waals surface area contributed by atoms with Gasteiger partial charge in [0.05, 0.1) is 17.4 Å². The zero-order valence-corrected chi connectivity index (χ0v) is 14.3. The molecule has 1 aliphatic rings. The Morgan fingerprint density at radius 3 is 2.76 bits per heavy atom. The fourth-order valence-electron chi connectivity index (χ4n) is 2.82. The first-order chi connectivity index (χ1) is 11.5. The molecule has 3 N–H and O–H groups in total. The number of hydrogen-bond acceptors (Lipinski definition) is 6. The first kappa shape index (κ1) is 17.4. The summed E-state index contributed by atoms with van der Waals surface area (Å²) in [6.45, 7) is 1.76. The van der Waals surface area contributed by atoms with E-state index in [1.807, 2.05) is 0 Å². The van der Waals surface area contributed by atoms with Crippen molar-refractivity contribution in [2.45, 2.75) is 31.7 Å². The van der Waals surface area contributed by atoms with E-state index in [1.165, 1.54) is 23.0 Å². The molecule has 0 saturated heterocycles. The molecule has 1 aliphatic carbocycles. The summed E-state index contributed by atoms with van der Waals surface area (Å²) in [5, 5.41) is 18.4. The van der Waals surface area contributed by atoms with E-state index in [2.05, 4.69) is 15.2 Å². The van der Waals surface area contributed by atoms with Crippen LogP contribution in [0.15, 0.2) is 28.9 Å². The molecular formula is C16H17ClFN5O2. The van der Waals surface area contributed by atoms with Crippen LogP contribution in [0, 0.1) is 12.7 Å². The Balaban J connectivity index is 0.00000182. The van der Waals surface area contributed by atoms with Crippen LogP contribution in [0.4, 0.5) is 4.39 Å². The SMILES string of the molecule is Cc1cc(F)ccc1-n1cc(O)c(-c2nc(C3(N)CCC3)no2)n1.Cl. The summed E-state index contributed by atoms with van der Waals surface area (Å²) in [7, 11) is 0. The first-order valence-corrected chi connectivity index (χ1v) is 7.65. The number of rotatable bonds is 3. The molecule has 0 spiro atoms. The molecule has 0 unspecified atom stereocenters. The molecule has 9 heteroatoms. The molecule has 1 saturated carbocycles. The van der Waals surface area contributed by atoms with Crippen molar-refractivity contribution in [1.82, 2.24) is 19.9 Å². The highest BCUT2D eigenvalue weighted by atomic mass is 35.5. The second kappa shape index (κ2) is 6.12. The topological polar surface area (TPSA) is 103 Å². The van der Waals surface area contributed by atoms with Crippen LogP contribution < -0.4 is 5.73 Å². The van der Waals surface area contributed by atoms with E-state index in [4.69, 9.17) is 10.3 Å². The summed E-state index contributed by atoms with van der Waals surface area (Å²) >= 11 is 0. The standard InChI is InChI=1S/C16H16FN5O2.ClH/c1-9-7-10(17)3-4-11(9)22-8-12(23)13(20-22)14-19-15(21-24-14)16(18)5-2-6-16;/h3-4,7-8,23H,2,5-6,18H2,1H3;1H. The van der Waals surface area contributed by atoms with Gasteiger partial charge in [0.25, 0.3) is 5.89 Å². The normalized spacial score (nSPS) is 15.5. The molecule has 0 atom stereocenters. The highest BCUT2D eigenvalue weighted by molar-refractivity contribution is 5.85. The van der Waals surface area contributed by atoms with Gasteiger partial charge in [-0.2, -0.15) is 10.1 Å². The summed E-state index contributed by atoms with van der Waals surface area (Å²) in [5.41, 5.74) is 7.13. The van der Waals surface area contributed by atoms with Crippen molar-refractivity contribution in [3.8, 4) is 23.0 Å². The molecule has 7 nitrogen and oxygen atoms in total. The Bertz CT molecular complexity index is 919. The Hall–Kier alpha value is -2.45. The lowest BCUT2D eigenvalue weighted by atomic mass is 9.77. The zero-order chi connectivity index (χ0) is 16.9. The average molecular weight is 366 g/mol. The largest absolute Gasteiger partial charge is 0.504 e. The van der Waals surface area contributed by atoms with Crippen LogP contribution in [0.5, 0.6) is 5.75 Å². The van der Waals surface area contributed by atoms with Gasteiger partial charge in [0, 0.05) is 0 Å². The second-order valence-corrected chi connectivity index (χ2v) is 6.17. The smallest absolute Gasteiger partial charge is 0.282 e. The molecule has 1 fully saturated rings. The van der Waals surface area contributed by atoms with E-state index in [-0.39, 0.29) is 35.6 Å². The van der Waals surface area contributed by atoms with Gasteiger partial charge in [0.2, 0.25) is 0 Å². The van der Waals surface area contributed by atoms with Crippen molar-refractivity contribution in [3.05, 3.63) is 41.6 Å². The minimum atomic E-state index is -0.548. The van der Waals surface area contributed by atoms with Crippen LogP contribution in [-0.4, -0.2) is 25.0 Å². The maximum Gasteiger partial charge on any atom is 0.282 e. The lowest BCUT2D eigenvalue weighted by molar-refractivity contribution is 0.229. The maximum atomic E-state index is 13.2. The van der Waals surface area contributed by atoms with E-state index in [0.29, 0.717) is 17.1 Å². The van der Waals surface area contributed by atoms with Gasteiger partial charge < -0.3 is 15.4 Å². The number of aromatic nitrogens is 4. The second-order valence-electron chi connectivity index (χ2n) is 6.17. The molecule has 0 amide bonds. The minimum Gasteiger partial charge on any atom is -0.504 e. The minimum absolute atomic E-state index is 0. The van der Waals surface area contributed by atoms with Crippen molar-refractivity contribution in [1.29, 1.82) is 0 Å². The highest BCUT2D eigenvalue weighted by Gasteiger charge is 2.39. The van der Waals surface area contributed by atoms with Crippen LogP contribution >= 0.6 is 12.4 Å². The van der Waals surface area contributed by atoms with Crippen molar-refractivity contribution in [2.24, 2.45) is 5.73 Å². The number of benzene rings is 1. The van der Waals surface area contributed by atoms with Gasteiger partial charge in [-0.25, -0.2) is 9.07 Å². The van der Waals surface area contributed by atoms with Crippen molar-refractivity contribution in [3.63, 3.8) is 0 Å². The average Bonchev–Trinajstić information content (AvgIpc) is 3.11. The van der Waals surface area contributed by atoms with Crippen LogP contribution in [-0.2, 0) is 5.54 Å². The first-order valence-electron chi connectivity index (χ1n) is 7.65. The van der Waals surface area contributed by atoms with Gasteiger partial charge >= 0.3 is 0 Å². The number of hydrogen-bond donors (Lipinski definition) is 2. The molecule has 0 radical (unpaired) electrons. The maximum absolute atomic E-state index is 13.2. The summed E-state index contributed by atoms with van der Waals surface area (Å²) in [6, 6.07) is 4.32. The van der Waals surface area contributed by atoms with E-state index in [1.54, 1.807) is 13.0 Å². The summed E-state index contributed by atoms with van der Waals surface area (Å²) in [4.78, 5) is 4.28. The van der Waals surface area contributed by atoms with Crippen LogP contribution in [0.3, 0.4) is 0 Å². The molecule has 3 aromatic rings. The summed E-state index contributed by atoms with van der Waals surface area (Å²) in [6.07, 6.45) is 4.06. The van der Waals surface area contributed by atoms with E-state index in [0.717, 1.165) is 19.3 Å². The van der Waals surface area contributed by atoms with Crippen LogP contribution in [0.1, 0.15) is 30.7 Å². The van der Waals surface area contributed by atoms with Gasteiger partial charge in [0.1, 0.15) is 5.82 Å². The van der Waals surface area contributed by atoms with Gasteiger partial charge in [-0.3, -0.25) is 0 Å². The third kappa shape index (κ3) is 2.87. The number of nitrogens with zero attached hydrogens (tertiary/aromatic N) is 4. The van der Waals surface area contributed by atoms with Crippen LogP contribution in [0.25, 0.3) is 17.3 Å². The Morgan fingerprint density at radius 1 is 1.36 bits per heavy atom. The molecule has 132 valence electrons. The number of nitrogens with two attached hydrogens (primary N) is 1. The fourth-order valence-corrected chi connectivity index (χ4v) is 2.82. The molecule has 1 aromatic carbocycles. The fraction of sp³-hybridized carbons (Fsp3) is 0.312. The Labute approximate surface area is 149 Å². The number of aryl methyl sites for hydroxylation is 1. The predicted molar refractivity (Wildman–Crippen MR) is 90.2 cm³/mol. The highest BCUT2D eigenvalue weighted by Crippen LogP contribution is 2.38. The van der Waals surface area contributed by atoms with E-state index in [9.17, 15) is 9.50 Å². The molecule has 0 bridgehead atoms. The Kier molecular flexibility index (Phi) is 4.26. The lowest BCUT2D eigenvalue weighted by Crippen LogP contribution is -2.44. The molecule has 2 aromatic heterocycles. The third-order valence-corrected chi connectivity index (χ3v) is 4.42. The van der Waals surface area contributed by atoms with E-state index < -0.39 is 5.54 Å². The van der Waals surface area contributed by atoms with Crippen molar-refractivity contribution >= 4 is 12.4 Å². The van der Waals surface area contributed by atoms with Gasteiger partial charge in [0.15, 0.2) is 17.3 Å². The van der Waals surface area contributed by atoms with Crippen LogP contribution in [0.2, 0.25) is 0 Å². The van der Waals surface area contributed by atoms with Crippen molar-refractivity contribution < 1.29 is 14.0 Å².